The summed E-state index contributed by atoms with van der Waals surface area (Å²) < 4.78 is 16.2. The van der Waals surface area contributed by atoms with Crippen LogP contribution >= 0.6 is 0 Å². The van der Waals surface area contributed by atoms with Gasteiger partial charge in [0.1, 0.15) is 17.2 Å². The topological polar surface area (TPSA) is 30.9 Å². The van der Waals surface area contributed by atoms with Gasteiger partial charge in [0.15, 0.2) is 0 Å². The molecule has 4 nitrogen and oxygen atoms in total. The minimum absolute atomic E-state index is 0.766. The minimum Gasteiger partial charge on any atom is -0.496 e. The molecule has 1 aliphatic rings. The number of nitrogens with zero attached hydrogens (tertiary/aromatic N) is 1. The fraction of sp³-hybridized carbons (Fsp3) is 0.625. The van der Waals surface area contributed by atoms with Crippen LogP contribution < -0.4 is 14.2 Å². The van der Waals surface area contributed by atoms with E-state index in [0.717, 1.165) is 42.2 Å². The van der Waals surface area contributed by atoms with Crippen molar-refractivity contribution in [2.75, 3.05) is 41.0 Å². The molecule has 0 amide bonds. The maximum atomic E-state index is 5.48. The van der Waals surface area contributed by atoms with Crippen LogP contribution in [0.1, 0.15) is 24.8 Å². The molecule has 2 rings (SSSR count). The van der Waals surface area contributed by atoms with Crippen molar-refractivity contribution in [1.82, 2.24) is 4.90 Å². The first-order valence-electron chi connectivity index (χ1n) is 7.29. The van der Waals surface area contributed by atoms with Crippen LogP contribution in [0.15, 0.2) is 12.1 Å². The van der Waals surface area contributed by atoms with Crippen LogP contribution in [-0.2, 0) is 6.42 Å². The van der Waals surface area contributed by atoms with Crippen LogP contribution in [0.25, 0.3) is 0 Å². The molecule has 1 heterocycles. The molecular formula is C16H25NO3. The molecule has 0 aliphatic carbocycles. The lowest BCUT2D eigenvalue weighted by Gasteiger charge is -2.17. The molecule has 0 saturated carbocycles. The van der Waals surface area contributed by atoms with Crippen molar-refractivity contribution in [3.05, 3.63) is 17.7 Å². The van der Waals surface area contributed by atoms with Crippen LogP contribution in [-0.4, -0.2) is 45.9 Å². The SMILES string of the molecule is COc1cc(OC)c(CCCN2CCCC2)c(OC)c1. The van der Waals surface area contributed by atoms with Gasteiger partial charge in [-0.2, -0.15) is 0 Å². The average Bonchev–Trinajstić information content (AvgIpc) is 3.00. The van der Waals surface area contributed by atoms with Gasteiger partial charge in [0.05, 0.1) is 21.3 Å². The summed E-state index contributed by atoms with van der Waals surface area (Å²) in [6, 6.07) is 3.85. The summed E-state index contributed by atoms with van der Waals surface area (Å²) in [7, 11) is 5.04. The number of methoxy groups -OCH3 is 3. The second-order valence-electron chi connectivity index (χ2n) is 5.16. The quantitative estimate of drug-likeness (QED) is 0.768. The molecular weight excluding hydrogens is 254 g/mol. The van der Waals surface area contributed by atoms with E-state index in [2.05, 4.69) is 4.90 Å². The van der Waals surface area contributed by atoms with Crippen LogP contribution in [0.5, 0.6) is 17.2 Å². The first-order valence-corrected chi connectivity index (χ1v) is 7.29. The zero-order valence-corrected chi connectivity index (χ0v) is 12.8. The van der Waals surface area contributed by atoms with Crippen molar-refractivity contribution in [3.63, 3.8) is 0 Å². The normalized spacial score (nSPS) is 15.3. The number of hydrogen-bond acceptors (Lipinski definition) is 4. The molecule has 1 aromatic carbocycles. The van der Waals surface area contributed by atoms with E-state index in [1.54, 1.807) is 21.3 Å². The second-order valence-corrected chi connectivity index (χ2v) is 5.16. The third-order valence-electron chi connectivity index (χ3n) is 3.92. The van der Waals surface area contributed by atoms with E-state index in [-0.39, 0.29) is 0 Å². The summed E-state index contributed by atoms with van der Waals surface area (Å²) in [6.07, 6.45) is 4.77. The van der Waals surface area contributed by atoms with Gasteiger partial charge in [0.2, 0.25) is 0 Å². The Morgan fingerprint density at radius 2 is 1.55 bits per heavy atom. The molecule has 20 heavy (non-hydrogen) atoms. The van der Waals surface area contributed by atoms with E-state index < -0.39 is 0 Å². The first kappa shape index (κ1) is 15.0. The Bertz CT molecular complexity index is 403. The van der Waals surface area contributed by atoms with Crippen molar-refractivity contribution in [1.29, 1.82) is 0 Å². The van der Waals surface area contributed by atoms with Crippen molar-refractivity contribution in [3.8, 4) is 17.2 Å². The van der Waals surface area contributed by atoms with Gasteiger partial charge in [0, 0.05) is 17.7 Å². The average molecular weight is 279 g/mol. The lowest BCUT2D eigenvalue weighted by molar-refractivity contribution is 0.329. The Morgan fingerprint density at radius 3 is 2.05 bits per heavy atom. The number of benzene rings is 1. The van der Waals surface area contributed by atoms with Gasteiger partial charge in [-0.15, -0.1) is 0 Å². The fourth-order valence-electron chi connectivity index (χ4n) is 2.81. The summed E-state index contributed by atoms with van der Waals surface area (Å²) in [5.74, 6) is 2.47. The van der Waals surface area contributed by atoms with Crippen molar-refractivity contribution in [2.24, 2.45) is 0 Å². The van der Waals surface area contributed by atoms with Gasteiger partial charge >= 0.3 is 0 Å². The van der Waals surface area contributed by atoms with Crippen molar-refractivity contribution >= 4 is 0 Å². The molecule has 0 spiro atoms. The van der Waals surface area contributed by atoms with Gasteiger partial charge in [-0.3, -0.25) is 0 Å². The summed E-state index contributed by atoms with van der Waals surface area (Å²) in [5, 5.41) is 0. The second kappa shape index (κ2) is 7.39. The smallest absolute Gasteiger partial charge is 0.129 e. The largest absolute Gasteiger partial charge is 0.496 e. The Kier molecular flexibility index (Phi) is 5.53. The molecule has 0 aromatic heterocycles. The summed E-state index contributed by atoms with van der Waals surface area (Å²) in [4.78, 5) is 2.53. The fourth-order valence-corrected chi connectivity index (χ4v) is 2.81. The van der Waals surface area contributed by atoms with Gasteiger partial charge in [-0.25, -0.2) is 0 Å². The highest BCUT2D eigenvalue weighted by molar-refractivity contribution is 5.50. The monoisotopic (exact) mass is 279 g/mol. The summed E-state index contributed by atoms with van der Waals surface area (Å²) >= 11 is 0. The molecule has 1 saturated heterocycles. The Morgan fingerprint density at radius 1 is 0.950 bits per heavy atom. The van der Waals surface area contributed by atoms with E-state index in [0.29, 0.717) is 0 Å². The van der Waals surface area contributed by atoms with E-state index in [4.69, 9.17) is 14.2 Å². The lowest BCUT2D eigenvalue weighted by atomic mass is 10.1. The minimum atomic E-state index is 0.766. The van der Waals surface area contributed by atoms with Gasteiger partial charge < -0.3 is 19.1 Å². The number of likely N-dealkylation sites (tertiary alicyclic amines) is 1. The van der Waals surface area contributed by atoms with Crippen LogP contribution in [0.3, 0.4) is 0 Å². The van der Waals surface area contributed by atoms with Gasteiger partial charge in [-0.05, 0) is 45.3 Å². The Hall–Kier alpha value is -1.42. The van der Waals surface area contributed by atoms with Gasteiger partial charge in [-0.1, -0.05) is 0 Å². The lowest BCUT2D eigenvalue weighted by Crippen LogP contribution is -2.20. The van der Waals surface area contributed by atoms with Crippen molar-refractivity contribution in [2.45, 2.75) is 25.7 Å². The molecule has 1 aromatic rings. The molecule has 0 radical (unpaired) electrons. The highest BCUT2D eigenvalue weighted by Gasteiger charge is 2.15. The molecule has 0 unspecified atom stereocenters. The first-order chi connectivity index (χ1) is 9.78. The van der Waals surface area contributed by atoms with E-state index in [1.807, 2.05) is 12.1 Å². The third kappa shape index (κ3) is 3.57. The Balaban J connectivity index is 2.04. The predicted molar refractivity (Wildman–Crippen MR) is 80.1 cm³/mol. The van der Waals surface area contributed by atoms with E-state index in [9.17, 15) is 0 Å². The number of hydrogen-bond donors (Lipinski definition) is 0. The van der Waals surface area contributed by atoms with E-state index in [1.165, 1.54) is 25.9 Å². The summed E-state index contributed by atoms with van der Waals surface area (Å²) in [6.45, 7) is 3.64. The standard InChI is InChI=1S/C16H25NO3/c1-18-13-11-15(19-2)14(16(12-13)20-3)7-6-10-17-8-4-5-9-17/h11-12H,4-10H2,1-3H3. The zero-order chi connectivity index (χ0) is 14.4. The predicted octanol–water partition coefficient (Wildman–Crippen LogP) is 2.74. The number of ether oxygens (including phenoxy) is 3. The molecule has 0 N–H and O–H groups in total. The zero-order valence-electron chi connectivity index (χ0n) is 12.8. The van der Waals surface area contributed by atoms with Crippen LogP contribution in [0.2, 0.25) is 0 Å². The molecule has 1 fully saturated rings. The maximum Gasteiger partial charge on any atom is 0.129 e. The summed E-state index contributed by atoms with van der Waals surface area (Å²) in [5.41, 5.74) is 1.13. The van der Waals surface area contributed by atoms with Crippen LogP contribution in [0.4, 0.5) is 0 Å². The molecule has 1 aliphatic heterocycles. The highest BCUT2D eigenvalue weighted by Crippen LogP contribution is 2.34. The molecule has 0 atom stereocenters. The van der Waals surface area contributed by atoms with Gasteiger partial charge in [0.25, 0.3) is 0 Å². The number of rotatable bonds is 7. The highest BCUT2D eigenvalue weighted by atomic mass is 16.5. The van der Waals surface area contributed by atoms with E-state index >= 15 is 0 Å². The maximum absolute atomic E-state index is 5.48. The third-order valence-corrected chi connectivity index (χ3v) is 3.92. The van der Waals surface area contributed by atoms with Crippen LogP contribution in [0, 0.1) is 0 Å². The molecule has 112 valence electrons. The van der Waals surface area contributed by atoms with Crippen molar-refractivity contribution < 1.29 is 14.2 Å². The Labute approximate surface area is 121 Å². The molecule has 0 bridgehead atoms. The molecule has 4 heteroatoms.